The fourth-order valence-electron chi connectivity index (χ4n) is 4.16. The van der Waals surface area contributed by atoms with Crippen molar-refractivity contribution in [3.8, 4) is 28.2 Å². The zero-order chi connectivity index (χ0) is 26.5. The normalized spacial score (nSPS) is 11.0. The maximum atomic E-state index is 13.2. The molecule has 5 aromatic rings. The Balaban J connectivity index is 1.63. The Bertz CT molecular complexity index is 1610. The molecule has 1 N–H and O–H groups in total. The number of hydrogen-bond donors (Lipinski definition) is 1. The van der Waals surface area contributed by atoms with Gasteiger partial charge in [-0.3, -0.25) is 14.9 Å². The number of non-ortho nitro benzene ring substituents is 1. The van der Waals surface area contributed by atoms with Crippen LogP contribution in [0.3, 0.4) is 0 Å². The van der Waals surface area contributed by atoms with E-state index in [-0.39, 0.29) is 11.3 Å². The van der Waals surface area contributed by atoms with Crippen molar-refractivity contribution >= 4 is 17.8 Å². The lowest BCUT2D eigenvalue weighted by atomic mass is 10.1. The molecule has 7 nitrogen and oxygen atoms in total. The second-order valence-electron chi connectivity index (χ2n) is 8.38. The number of rotatable bonds is 7. The first-order valence-corrected chi connectivity index (χ1v) is 11.7. The predicted octanol–water partition coefficient (Wildman–Crippen LogP) is 6.62. The van der Waals surface area contributed by atoms with E-state index in [1.807, 2.05) is 71.3 Å². The number of nitrogens with one attached hydrogen (secondary N) is 1. The number of carbonyl (C=O) groups excluding carboxylic acids is 1. The highest BCUT2D eigenvalue weighted by Gasteiger charge is 2.19. The standard InChI is InChI=1S/C30H21FN4O3/c31-25-13-11-23(12-14-25)30(36)33-32-20-24-19-28(21-7-3-1-4-8-21)34(29(24)22-9-5-2-6-10-22)26-15-17-27(18-16-26)35(37)38/h1-20H,(H,33,36)/b32-20-. The minimum absolute atomic E-state index is 0.00581. The molecule has 5 rings (SSSR count). The molecule has 0 unspecified atom stereocenters. The van der Waals surface area contributed by atoms with Crippen molar-refractivity contribution < 1.29 is 14.1 Å². The molecule has 0 bridgehead atoms. The van der Waals surface area contributed by atoms with Crippen LogP contribution in [0.15, 0.2) is 120 Å². The van der Waals surface area contributed by atoms with Gasteiger partial charge in [-0.05, 0) is 53.6 Å². The van der Waals surface area contributed by atoms with E-state index in [0.717, 1.165) is 28.2 Å². The molecule has 1 aromatic heterocycles. The van der Waals surface area contributed by atoms with Gasteiger partial charge in [0, 0.05) is 28.9 Å². The number of aromatic nitrogens is 1. The average Bonchev–Trinajstić information content (AvgIpc) is 3.33. The van der Waals surface area contributed by atoms with Gasteiger partial charge in [0.15, 0.2) is 0 Å². The summed E-state index contributed by atoms with van der Waals surface area (Å²) in [7, 11) is 0. The first-order valence-electron chi connectivity index (χ1n) is 11.7. The van der Waals surface area contributed by atoms with Gasteiger partial charge in [-0.1, -0.05) is 60.7 Å². The van der Waals surface area contributed by atoms with Gasteiger partial charge in [0.1, 0.15) is 5.82 Å². The predicted molar refractivity (Wildman–Crippen MR) is 145 cm³/mol. The zero-order valence-electron chi connectivity index (χ0n) is 20.0. The SMILES string of the molecule is O=C(N/N=C\c1cc(-c2ccccc2)n(-c2ccc([N+](=O)[O-])cc2)c1-c1ccccc1)c1ccc(F)cc1. The topological polar surface area (TPSA) is 89.5 Å². The van der Waals surface area contributed by atoms with Crippen LogP contribution < -0.4 is 5.43 Å². The summed E-state index contributed by atoms with van der Waals surface area (Å²) in [6.45, 7) is 0. The van der Waals surface area contributed by atoms with Crippen molar-refractivity contribution in [3.63, 3.8) is 0 Å². The molecule has 4 aromatic carbocycles. The molecule has 0 aliphatic heterocycles. The van der Waals surface area contributed by atoms with E-state index in [9.17, 15) is 19.3 Å². The molecule has 0 aliphatic carbocycles. The number of hydrazone groups is 1. The second kappa shape index (κ2) is 10.7. The van der Waals surface area contributed by atoms with Crippen molar-refractivity contribution in [2.45, 2.75) is 0 Å². The first kappa shape index (κ1) is 24.3. The summed E-state index contributed by atoms with van der Waals surface area (Å²) in [4.78, 5) is 23.3. The highest BCUT2D eigenvalue weighted by molar-refractivity contribution is 5.97. The van der Waals surface area contributed by atoms with Crippen LogP contribution in [0, 0.1) is 15.9 Å². The molecule has 0 atom stereocenters. The van der Waals surface area contributed by atoms with Gasteiger partial charge in [-0.2, -0.15) is 5.10 Å². The summed E-state index contributed by atoms with van der Waals surface area (Å²) in [5, 5.41) is 15.4. The van der Waals surface area contributed by atoms with E-state index in [2.05, 4.69) is 10.5 Å². The van der Waals surface area contributed by atoms with Gasteiger partial charge < -0.3 is 4.57 Å². The number of carbonyl (C=O) groups is 1. The van der Waals surface area contributed by atoms with Crippen LogP contribution in [-0.2, 0) is 0 Å². The monoisotopic (exact) mass is 504 g/mol. The van der Waals surface area contributed by atoms with Crippen LogP contribution in [0.2, 0.25) is 0 Å². The summed E-state index contributed by atoms with van der Waals surface area (Å²) in [6, 6.07) is 32.9. The van der Waals surface area contributed by atoms with Gasteiger partial charge in [-0.15, -0.1) is 0 Å². The minimum Gasteiger partial charge on any atom is -0.309 e. The number of halogens is 1. The zero-order valence-corrected chi connectivity index (χ0v) is 20.0. The molecular formula is C30H21FN4O3. The van der Waals surface area contributed by atoms with Gasteiger partial charge in [-0.25, -0.2) is 9.82 Å². The fraction of sp³-hybridized carbons (Fsp3) is 0. The number of nitro benzene ring substituents is 1. The summed E-state index contributed by atoms with van der Waals surface area (Å²) in [6.07, 6.45) is 1.55. The molecule has 0 saturated heterocycles. The van der Waals surface area contributed by atoms with Gasteiger partial charge >= 0.3 is 0 Å². The van der Waals surface area contributed by atoms with Crippen molar-refractivity contribution in [3.05, 3.63) is 142 Å². The van der Waals surface area contributed by atoms with Crippen LogP contribution >= 0.6 is 0 Å². The van der Waals surface area contributed by atoms with Crippen LogP contribution in [0.4, 0.5) is 10.1 Å². The third-order valence-electron chi connectivity index (χ3n) is 5.94. The summed E-state index contributed by atoms with van der Waals surface area (Å²) in [5.74, 6) is -0.904. The van der Waals surface area contributed by atoms with Gasteiger partial charge in [0.25, 0.3) is 11.6 Å². The molecule has 1 amide bonds. The number of nitro groups is 1. The van der Waals surface area contributed by atoms with E-state index in [1.54, 1.807) is 18.3 Å². The Kier molecular flexibility index (Phi) is 6.86. The van der Waals surface area contributed by atoms with Crippen LogP contribution in [0.1, 0.15) is 15.9 Å². The number of hydrogen-bond acceptors (Lipinski definition) is 4. The van der Waals surface area contributed by atoms with Crippen LogP contribution in [0.25, 0.3) is 28.2 Å². The first-order chi connectivity index (χ1) is 18.5. The smallest absolute Gasteiger partial charge is 0.271 e. The van der Waals surface area contributed by atoms with E-state index in [0.29, 0.717) is 5.56 Å². The molecule has 0 spiro atoms. The van der Waals surface area contributed by atoms with Gasteiger partial charge in [0.05, 0.1) is 22.5 Å². The van der Waals surface area contributed by atoms with E-state index < -0.39 is 16.6 Å². The van der Waals surface area contributed by atoms with Crippen molar-refractivity contribution in [1.82, 2.24) is 9.99 Å². The van der Waals surface area contributed by atoms with Crippen molar-refractivity contribution in [1.29, 1.82) is 0 Å². The molecule has 38 heavy (non-hydrogen) atoms. The van der Waals surface area contributed by atoms with E-state index in [1.165, 1.54) is 36.4 Å². The lowest BCUT2D eigenvalue weighted by Crippen LogP contribution is -2.17. The van der Waals surface area contributed by atoms with E-state index >= 15 is 0 Å². The quantitative estimate of drug-likeness (QED) is 0.153. The van der Waals surface area contributed by atoms with Crippen LogP contribution in [-0.4, -0.2) is 21.6 Å². The lowest BCUT2D eigenvalue weighted by molar-refractivity contribution is -0.384. The number of nitrogens with zero attached hydrogens (tertiary/aromatic N) is 3. The number of benzene rings is 4. The summed E-state index contributed by atoms with van der Waals surface area (Å²) < 4.78 is 15.2. The average molecular weight is 505 g/mol. The molecule has 0 fully saturated rings. The maximum absolute atomic E-state index is 13.2. The molecular weight excluding hydrogens is 483 g/mol. The fourth-order valence-corrected chi connectivity index (χ4v) is 4.16. The Morgan fingerprint density at radius 3 is 2.05 bits per heavy atom. The third kappa shape index (κ3) is 5.10. The maximum Gasteiger partial charge on any atom is 0.271 e. The van der Waals surface area contributed by atoms with Crippen molar-refractivity contribution in [2.75, 3.05) is 0 Å². The van der Waals surface area contributed by atoms with E-state index in [4.69, 9.17) is 0 Å². The molecule has 0 radical (unpaired) electrons. The van der Waals surface area contributed by atoms with Crippen molar-refractivity contribution in [2.24, 2.45) is 5.10 Å². The Labute approximate surface area is 217 Å². The van der Waals surface area contributed by atoms with Crippen LogP contribution in [0.5, 0.6) is 0 Å². The molecule has 186 valence electrons. The summed E-state index contributed by atoms with van der Waals surface area (Å²) in [5.41, 5.74) is 7.66. The minimum atomic E-state index is -0.472. The molecule has 1 heterocycles. The Morgan fingerprint density at radius 1 is 0.842 bits per heavy atom. The second-order valence-corrected chi connectivity index (χ2v) is 8.38. The largest absolute Gasteiger partial charge is 0.309 e. The Morgan fingerprint density at radius 2 is 1.45 bits per heavy atom. The number of amides is 1. The third-order valence-corrected chi connectivity index (χ3v) is 5.94. The highest BCUT2D eigenvalue weighted by atomic mass is 19.1. The molecule has 8 heteroatoms. The van der Waals surface area contributed by atoms with Gasteiger partial charge in [0.2, 0.25) is 0 Å². The lowest BCUT2D eigenvalue weighted by Gasteiger charge is -2.15. The highest BCUT2D eigenvalue weighted by Crippen LogP contribution is 2.35. The Hall–Kier alpha value is -5.37. The molecule has 0 saturated carbocycles. The summed E-state index contributed by atoms with van der Waals surface area (Å²) >= 11 is 0. The molecule has 0 aliphatic rings.